The van der Waals surface area contributed by atoms with Gasteiger partial charge in [0.1, 0.15) is 6.17 Å². The van der Waals surface area contributed by atoms with Crippen LogP contribution in [0.5, 0.6) is 0 Å². The van der Waals surface area contributed by atoms with Crippen LogP contribution in [0.1, 0.15) is 11.5 Å². The second kappa shape index (κ2) is 3.61. The normalized spacial score (nSPS) is 26.8. The van der Waals surface area contributed by atoms with Crippen LogP contribution in [0.3, 0.4) is 0 Å². The van der Waals surface area contributed by atoms with Crippen molar-refractivity contribution in [2.24, 2.45) is 0 Å². The molecule has 0 bridgehead atoms. The fraction of sp³-hybridized carbons (Fsp3) is 0.400. The monoisotopic (exact) mass is 201 g/mol. The molecular formula is C10H10F3N. The summed E-state index contributed by atoms with van der Waals surface area (Å²) in [5.74, 6) is -2.41. The highest BCUT2D eigenvalue weighted by molar-refractivity contribution is 5.25. The zero-order valence-corrected chi connectivity index (χ0v) is 7.43. The van der Waals surface area contributed by atoms with Crippen LogP contribution in [-0.2, 0) is 0 Å². The smallest absolute Gasteiger partial charge is 0.162 e. The van der Waals surface area contributed by atoms with E-state index >= 15 is 0 Å². The summed E-state index contributed by atoms with van der Waals surface area (Å²) in [6.07, 6.45) is -1.13. The van der Waals surface area contributed by atoms with Gasteiger partial charge in [-0.25, -0.2) is 13.2 Å². The average Bonchev–Trinajstić information content (AvgIpc) is 2.57. The van der Waals surface area contributed by atoms with Crippen molar-refractivity contribution in [3.8, 4) is 0 Å². The molecule has 0 saturated carbocycles. The first kappa shape index (κ1) is 9.52. The number of rotatable bonds is 1. The second-order valence-electron chi connectivity index (χ2n) is 3.42. The fourth-order valence-electron chi connectivity index (χ4n) is 1.76. The first-order chi connectivity index (χ1) is 6.70. The number of nitrogens with one attached hydrogen (secondary N) is 1. The topological polar surface area (TPSA) is 12.0 Å². The second-order valence-corrected chi connectivity index (χ2v) is 3.42. The van der Waals surface area contributed by atoms with Gasteiger partial charge in [-0.15, -0.1) is 0 Å². The lowest BCUT2D eigenvalue weighted by atomic mass is 9.96. The molecule has 0 aromatic heterocycles. The van der Waals surface area contributed by atoms with Crippen molar-refractivity contribution in [1.29, 1.82) is 0 Å². The molecule has 0 aliphatic carbocycles. The lowest BCUT2D eigenvalue weighted by molar-refractivity contribution is 0.325. The summed E-state index contributed by atoms with van der Waals surface area (Å²) < 4.78 is 39.3. The number of hydrogen-bond acceptors (Lipinski definition) is 1. The van der Waals surface area contributed by atoms with Gasteiger partial charge in [0.15, 0.2) is 11.6 Å². The molecule has 2 rings (SSSR count). The van der Waals surface area contributed by atoms with Gasteiger partial charge in [0, 0.05) is 19.0 Å². The van der Waals surface area contributed by atoms with Gasteiger partial charge in [0.2, 0.25) is 0 Å². The van der Waals surface area contributed by atoms with Crippen LogP contribution in [0.2, 0.25) is 0 Å². The van der Waals surface area contributed by atoms with Crippen LogP contribution in [0.4, 0.5) is 13.2 Å². The van der Waals surface area contributed by atoms with E-state index in [0.29, 0.717) is 6.54 Å². The van der Waals surface area contributed by atoms with Gasteiger partial charge in [-0.3, -0.25) is 0 Å². The maximum absolute atomic E-state index is 13.3. The van der Waals surface area contributed by atoms with Gasteiger partial charge >= 0.3 is 0 Å². The molecule has 1 aromatic rings. The summed E-state index contributed by atoms with van der Waals surface area (Å²) in [4.78, 5) is 0. The highest BCUT2D eigenvalue weighted by Gasteiger charge is 2.30. The van der Waals surface area contributed by atoms with Crippen LogP contribution in [0.25, 0.3) is 0 Å². The Labute approximate surface area is 79.9 Å². The first-order valence-electron chi connectivity index (χ1n) is 4.49. The maximum atomic E-state index is 13.3. The SMILES string of the molecule is Fc1cccc(C2CNCC2F)c1F. The summed E-state index contributed by atoms with van der Waals surface area (Å²) in [6, 6.07) is 3.87. The molecule has 1 saturated heterocycles. The third-order valence-corrected chi connectivity index (χ3v) is 2.52. The van der Waals surface area contributed by atoms with Gasteiger partial charge in [-0.2, -0.15) is 0 Å². The maximum Gasteiger partial charge on any atom is 0.162 e. The van der Waals surface area contributed by atoms with Crippen molar-refractivity contribution in [2.75, 3.05) is 13.1 Å². The molecule has 1 aliphatic rings. The van der Waals surface area contributed by atoms with Crippen molar-refractivity contribution in [1.82, 2.24) is 5.32 Å². The third-order valence-electron chi connectivity index (χ3n) is 2.52. The van der Waals surface area contributed by atoms with Gasteiger partial charge in [-0.05, 0) is 11.6 Å². The quantitative estimate of drug-likeness (QED) is 0.732. The number of halogens is 3. The number of benzene rings is 1. The molecule has 0 spiro atoms. The molecule has 1 aliphatic heterocycles. The number of hydrogen-bond donors (Lipinski definition) is 1. The minimum Gasteiger partial charge on any atom is -0.313 e. The molecule has 2 unspecified atom stereocenters. The van der Waals surface area contributed by atoms with Crippen LogP contribution in [-0.4, -0.2) is 19.3 Å². The third kappa shape index (κ3) is 1.50. The van der Waals surface area contributed by atoms with E-state index in [9.17, 15) is 13.2 Å². The van der Waals surface area contributed by atoms with E-state index in [0.717, 1.165) is 6.07 Å². The Kier molecular flexibility index (Phi) is 2.46. The van der Waals surface area contributed by atoms with Crippen molar-refractivity contribution < 1.29 is 13.2 Å². The molecule has 1 aromatic carbocycles. The molecule has 76 valence electrons. The molecule has 1 nitrogen and oxygen atoms in total. The van der Waals surface area contributed by atoms with E-state index in [1.54, 1.807) is 0 Å². The molecule has 4 heteroatoms. The Hall–Kier alpha value is -1.03. The average molecular weight is 201 g/mol. The molecule has 2 atom stereocenters. The molecule has 14 heavy (non-hydrogen) atoms. The minimum absolute atomic E-state index is 0.127. The zero-order valence-electron chi connectivity index (χ0n) is 7.43. The Morgan fingerprint density at radius 2 is 2.00 bits per heavy atom. The predicted octanol–water partition coefficient (Wildman–Crippen LogP) is 1.99. The number of alkyl halides is 1. The highest BCUT2D eigenvalue weighted by Crippen LogP contribution is 2.28. The summed E-state index contributed by atoms with van der Waals surface area (Å²) >= 11 is 0. The lowest BCUT2D eigenvalue weighted by Crippen LogP contribution is -2.13. The van der Waals surface area contributed by atoms with E-state index in [4.69, 9.17) is 0 Å². The van der Waals surface area contributed by atoms with Gasteiger partial charge in [0.05, 0.1) is 0 Å². The molecular weight excluding hydrogens is 191 g/mol. The summed E-state index contributed by atoms with van der Waals surface area (Å²) in [6.45, 7) is 0.572. The van der Waals surface area contributed by atoms with Crippen LogP contribution >= 0.6 is 0 Å². The fourth-order valence-corrected chi connectivity index (χ4v) is 1.76. The lowest BCUT2D eigenvalue weighted by Gasteiger charge is -2.12. The summed E-state index contributed by atoms with van der Waals surface area (Å²) in [5, 5.41) is 2.80. The Morgan fingerprint density at radius 3 is 2.64 bits per heavy atom. The van der Waals surface area contributed by atoms with Crippen LogP contribution in [0.15, 0.2) is 18.2 Å². The van der Waals surface area contributed by atoms with E-state index in [2.05, 4.69) is 5.32 Å². The van der Waals surface area contributed by atoms with Crippen molar-refractivity contribution in [2.45, 2.75) is 12.1 Å². The van der Waals surface area contributed by atoms with E-state index in [1.807, 2.05) is 0 Å². The van der Waals surface area contributed by atoms with Crippen molar-refractivity contribution in [3.05, 3.63) is 35.4 Å². The Bertz CT molecular complexity index is 340. The molecule has 0 radical (unpaired) electrons. The van der Waals surface area contributed by atoms with E-state index < -0.39 is 23.7 Å². The Morgan fingerprint density at radius 1 is 1.21 bits per heavy atom. The van der Waals surface area contributed by atoms with Crippen molar-refractivity contribution >= 4 is 0 Å². The summed E-state index contributed by atoms with van der Waals surface area (Å²) in [5.41, 5.74) is 0.127. The van der Waals surface area contributed by atoms with Gasteiger partial charge in [0.25, 0.3) is 0 Å². The zero-order chi connectivity index (χ0) is 10.1. The first-order valence-corrected chi connectivity index (χ1v) is 4.49. The minimum atomic E-state index is -1.13. The largest absolute Gasteiger partial charge is 0.313 e. The highest BCUT2D eigenvalue weighted by atomic mass is 19.2. The standard InChI is InChI=1S/C10H10F3N/c11-8-3-1-2-6(10(8)13)7-4-14-5-9(7)12/h1-3,7,9,14H,4-5H2. The van der Waals surface area contributed by atoms with Gasteiger partial charge < -0.3 is 5.32 Å². The van der Waals surface area contributed by atoms with Gasteiger partial charge in [-0.1, -0.05) is 12.1 Å². The van der Waals surface area contributed by atoms with Crippen molar-refractivity contribution in [3.63, 3.8) is 0 Å². The molecule has 1 fully saturated rings. The Balaban J connectivity index is 2.36. The van der Waals surface area contributed by atoms with Crippen LogP contribution < -0.4 is 5.32 Å². The molecule has 0 amide bonds. The van der Waals surface area contributed by atoms with E-state index in [1.165, 1.54) is 12.1 Å². The van der Waals surface area contributed by atoms with E-state index in [-0.39, 0.29) is 12.1 Å². The molecule has 1 heterocycles. The van der Waals surface area contributed by atoms with Crippen LogP contribution in [0, 0.1) is 11.6 Å². The predicted molar refractivity (Wildman–Crippen MR) is 46.9 cm³/mol. The summed E-state index contributed by atoms with van der Waals surface area (Å²) in [7, 11) is 0. The molecule has 1 N–H and O–H groups in total.